The standard InChI is InChI=1S/C14H19FN2O/c1-18-13-9-11(7-8-12(13)15)14(17-16)10-5-3-2-4-6-10/h5,7-9,14,17H,2-4,6,16H2,1H3. The van der Waals surface area contributed by atoms with E-state index in [4.69, 9.17) is 10.6 Å². The maximum Gasteiger partial charge on any atom is 0.165 e. The minimum atomic E-state index is -0.352. The van der Waals surface area contributed by atoms with Crippen LogP contribution in [0.2, 0.25) is 0 Å². The molecule has 0 aromatic heterocycles. The number of nitrogens with one attached hydrogen (secondary N) is 1. The van der Waals surface area contributed by atoms with Crippen molar-refractivity contribution in [3.05, 3.63) is 41.2 Å². The van der Waals surface area contributed by atoms with Gasteiger partial charge in [-0.2, -0.15) is 0 Å². The maximum atomic E-state index is 13.4. The van der Waals surface area contributed by atoms with Crippen LogP contribution in [0.4, 0.5) is 4.39 Å². The first kappa shape index (κ1) is 13.1. The number of allylic oxidation sites excluding steroid dienone is 1. The molecule has 1 unspecified atom stereocenters. The summed E-state index contributed by atoms with van der Waals surface area (Å²) in [5.41, 5.74) is 5.02. The molecule has 0 amide bonds. The Balaban J connectivity index is 2.29. The predicted molar refractivity (Wildman–Crippen MR) is 69.6 cm³/mol. The van der Waals surface area contributed by atoms with E-state index in [-0.39, 0.29) is 17.6 Å². The number of rotatable bonds is 4. The molecule has 3 nitrogen and oxygen atoms in total. The Kier molecular flexibility index (Phi) is 4.33. The third-order valence-electron chi connectivity index (χ3n) is 3.37. The van der Waals surface area contributed by atoms with Crippen LogP contribution >= 0.6 is 0 Å². The molecule has 0 radical (unpaired) electrons. The van der Waals surface area contributed by atoms with Gasteiger partial charge in [0.1, 0.15) is 0 Å². The van der Waals surface area contributed by atoms with Gasteiger partial charge in [0.15, 0.2) is 11.6 Å². The van der Waals surface area contributed by atoms with E-state index in [9.17, 15) is 4.39 Å². The van der Waals surface area contributed by atoms with Gasteiger partial charge in [-0.1, -0.05) is 17.7 Å². The Morgan fingerprint density at radius 3 is 2.83 bits per heavy atom. The third kappa shape index (κ3) is 2.71. The van der Waals surface area contributed by atoms with Gasteiger partial charge in [-0.05, 0) is 43.4 Å². The number of methoxy groups -OCH3 is 1. The zero-order valence-corrected chi connectivity index (χ0v) is 10.6. The zero-order chi connectivity index (χ0) is 13.0. The molecule has 0 spiro atoms. The summed E-state index contributed by atoms with van der Waals surface area (Å²) in [5.74, 6) is 5.54. The summed E-state index contributed by atoms with van der Waals surface area (Å²) in [7, 11) is 1.47. The number of hydrazine groups is 1. The fourth-order valence-electron chi connectivity index (χ4n) is 2.40. The largest absolute Gasteiger partial charge is 0.494 e. The molecule has 98 valence electrons. The molecular formula is C14H19FN2O. The molecule has 1 aliphatic carbocycles. The fraction of sp³-hybridized carbons (Fsp3) is 0.429. The quantitative estimate of drug-likeness (QED) is 0.491. The summed E-state index contributed by atoms with van der Waals surface area (Å²) in [6, 6.07) is 4.81. The zero-order valence-electron chi connectivity index (χ0n) is 10.6. The van der Waals surface area contributed by atoms with Crippen LogP contribution < -0.4 is 16.0 Å². The Morgan fingerprint density at radius 2 is 2.22 bits per heavy atom. The van der Waals surface area contributed by atoms with Gasteiger partial charge in [-0.15, -0.1) is 0 Å². The highest BCUT2D eigenvalue weighted by Crippen LogP contribution is 2.31. The van der Waals surface area contributed by atoms with Gasteiger partial charge in [0.2, 0.25) is 0 Å². The summed E-state index contributed by atoms with van der Waals surface area (Å²) in [4.78, 5) is 0. The molecule has 0 heterocycles. The van der Waals surface area contributed by atoms with Crippen molar-refractivity contribution in [2.45, 2.75) is 31.7 Å². The molecule has 1 aliphatic rings. The minimum absolute atomic E-state index is 0.0557. The van der Waals surface area contributed by atoms with Crippen LogP contribution in [0.1, 0.15) is 37.3 Å². The number of ether oxygens (including phenoxy) is 1. The normalized spacial score (nSPS) is 17.2. The van der Waals surface area contributed by atoms with Gasteiger partial charge in [0.25, 0.3) is 0 Å². The van der Waals surface area contributed by atoms with Crippen LogP contribution in [0.5, 0.6) is 5.75 Å². The molecule has 0 saturated carbocycles. The average molecular weight is 250 g/mol. The van der Waals surface area contributed by atoms with Crippen molar-refractivity contribution in [1.82, 2.24) is 5.43 Å². The van der Waals surface area contributed by atoms with Crippen LogP contribution in [-0.4, -0.2) is 7.11 Å². The highest BCUT2D eigenvalue weighted by atomic mass is 19.1. The monoisotopic (exact) mass is 250 g/mol. The SMILES string of the molecule is COc1cc(C(NN)C2=CCCCC2)ccc1F. The Labute approximate surface area is 107 Å². The molecule has 0 aliphatic heterocycles. The summed E-state index contributed by atoms with van der Waals surface area (Å²) in [6.45, 7) is 0. The number of hydrogen-bond acceptors (Lipinski definition) is 3. The number of benzene rings is 1. The third-order valence-corrected chi connectivity index (χ3v) is 3.37. The first-order chi connectivity index (χ1) is 8.76. The summed E-state index contributed by atoms with van der Waals surface area (Å²) in [6.07, 6.45) is 6.76. The predicted octanol–water partition coefficient (Wildman–Crippen LogP) is 2.84. The number of hydrogen-bond donors (Lipinski definition) is 2. The maximum absolute atomic E-state index is 13.4. The van der Waals surface area contributed by atoms with Crippen molar-refractivity contribution in [1.29, 1.82) is 0 Å². The summed E-state index contributed by atoms with van der Waals surface area (Å²) >= 11 is 0. The van der Waals surface area contributed by atoms with Crippen molar-refractivity contribution >= 4 is 0 Å². The van der Waals surface area contributed by atoms with Crippen molar-refractivity contribution in [2.24, 2.45) is 5.84 Å². The van der Waals surface area contributed by atoms with Crippen molar-refractivity contribution in [3.8, 4) is 5.75 Å². The van der Waals surface area contributed by atoms with Crippen LogP contribution in [-0.2, 0) is 0 Å². The Bertz CT molecular complexity index is 445. The highest BCUT2D eigenvalue weighted by molar-refractivity contribution is 5.36. The fourth-order valence-corrected chi connectivity index (χ4v) is 2.40. The lowest BCUT2D eigenvalue weighted by Crippen LogP contribution is -2.30. The van der Waals surface area contributed by atoms with Crippen molar-refractivity contribution in [2.75, 3.05) is 7.11 Å². The highest BCUT2D eigenvalue weighted by Gasteiger charge is 2.18. The average Bonchev–Trinajstić information content (AvgIpc) is 2.42. The molecule has 1 aromatic carbocycles. The second kappa shape index (κ2) is 5.98. The van der Waals surface area contributed by atoms with Gasteiger partial charge >= 0.3 is 0 Å². The lowest BCUT2D eigenvalue weighted by molar-refractivity contribution is 0.385. The molecular weight excluding hydrogens is 231 g/mol. The molecule has 0 bridgehead atoms. The van der Waals surface area contributed by atoms with Crippen molar-refractivity contribution in [3.63, 3.8) is 0 Å². The second-order valence-corrected chi connectivity index (χ2v) is 4.52. The van der Waals surface area contributed by atoms with E-state index in [1.54, 1.807) is 12.1 Å². The first-order valence-electron chi connectivity index (χ1n) is 6.24. The Morgan fingerprint density at radius 1 is 1.39 bits per heavy atom. The van der Waals surface area contributed by atoms with Crippen LogP contribution in [0.15, 0.2) is 29.8 Å². The summed E-state index contributed by atoms with van der Waals surface area (Å²) in [5, 5.41) is 0. The van der Waals surface area contributed by atoms with E-state index in [0.29, 0.717) is 0 Å². The van der Waals surface area contributed by atoms with Gasteiger partial charge < -0.3 is 4.74 Å². The van der Waals surface area contributed by atoms with E-state index in [0.717, 1.165) is 18.4 Å². The smallest absolute Gasteiger partial charge is 0.165 e. The van der Waals surface area contributed by atoms with Crippen LogP contribution in [0.25, 0.3) is 0 Å². The lowest BCUT2D eigenvalue weighted by atomic mass is 9.90. The van der Waals surface area contributed by atoms with E-state index >= 15 is 0 Å². The molecule has 3 N–H and O–H groups in total. The first-order valence-corrected chi connectivity index (χ1v) is 6.24. The molecule has 18 heavy (non-hydrogen) atoms. The minimum Gasteiger partial charge on any atom is -0.494 e. The van der Waals surface area contributed by atoms with Crippen LogP contribution in [0.3, 0.4) is 0 Å². The van der Waals surface area contributed by atoms with Crippen LogP contribution in [0, 0.1) is 5.82 Å². The van der Waals surface area contributed by atoms with Gasteiger partial charge in [-0.25, -0.2) is 9.82 Å². The van der Waals surface area contributed by atoms with E-state index in [2.05, 4.69) is 11.5 Å². The second-order valence-electron chi connectivity index (χ2n) is 4.52. The molecule has 0 fully saturated rings. The lowest BCUT2D eigenvalue weighted by Gasteiger charge is -2.23. The van der Waals surface area contributed by atoms with E-state index < -0.39 is 0 Å². The van der Waals surface area contributed by atoms with Gasteiger partial charge in [0.05, 0.1) is 13.2 Å². The molecule has 2 rings (SSSR count). The summed E-state index contributed by atoms with van der Waals surface area (Å²) < 4.78 is 18.4. The van der Waals surface area contributed by atoms with Gasteiger partial charge in [-0.3, -0.25) is 5.84 Å². The van der Waals surface area contributed by atoms with Crippen molar-refractivity contribution < 1.29 is 9.13 Å². The van der Waals surface area contributed by atoms with E-state index in [1.807, 2.05) is 0 Å². The van der Waals surface area contributed by atoms with E-state index in [1.165, 1.54) is 31.6 Å². The molecule has 0 saturated heterocycles. The van der Waals surface area contributed by atoms with Gasteiger partial charge in [0, 0.05) is 0 Å². The number of halogens is 1. The topological polar surface area (TPSA) is 47.3 Å². The molecule has 4 heteroatoms. The number of nitrogens with two attached hydrogens (primary N) is 1. The molecule has 1 aromatic rings. The molecule has 1 atom stereocenters. The Hall–Kier alpha value is -1.39.